The average molecular weight is 291 g/mol. The molecule has 0 saturated carbocycles. The molecule has 0 saturated heterocycles. The summed E-state index contributed by atoms with van der Waals surface area (Å²) >= 11 is 0. The van der Waals surface area contributed by atoms with Crippen LogP contribution >= 0.6 is 0 Å². The second-order valence-electron chi connectivity index (χ2n) is 5.43. The van der Waals surface area contributed by atoms with Gasteiger partial charge in [0.2, 0.25) is 11.9 Å². The summed E-state index contributed by atoms with van der Waals surface area (Å²) in [4.78, 5) is 16.0. The Hall–Kier alpha value is -2.42. The lowest BCUT2D eigenvalue weighted by atomic mass is 9.83. The van der Waals surface area contributed by atoms with Gasteiger partial charge in [-0.3, -0.25) is 9.48 Å². The van der Waals surface area contributed by atoms with E-state index in [1.54, 1.807) is 22.6 Å². The summed E-state index contributed by atoms with van der Waals surface area (Å²) in [5.41, 5.74) is 5.64. The topological polar surface area (TPSA) is 124 Å². The van der Waals surface area contributed by atoms with Crippen molar-refractivity contribution in [3.05, 3.63) is 23.8 Å². The lowest BCUT2D eigenvalue weighted by Crippen LogP contribution is -2.56. The highest BCUT2D eigenvalue weighted by molar-refractivity contribution is 5.80. The first-order valence-electron chi connectivity index (χ1n) is 6.51. The van der Waals surface area contributed by atoms with Gasteiger partial charge in [0.25, 0.3) is 0 Å². The average Bonchev–Trinajstić information content (AvgIpc) is 2.94. The summed E-state index contributed by atoms with van der Waals surface area (Å²) in [6.45, 7) is 3.38. The summed E-state index contributed by atoms with van der Waals surface area (Å²) in [7, 11) is 1.81. The van der Waals surface area contributed by atoms with E-state index in [2.05, 4.69) is 20.5 Å². The predicted octanol–water partition coefficient (Wildman–Crippen LogP) is -0.855. The van der Waals surface area contributed by atoms with Gasteiger partial charge < -0.3 is 16.2 Å². The number of nitrogens with zero attached hydrogens (tertiary/aromatic N) is 5. The molecule has 1 aliphatic rings. The molecule has 112 valence electrons. The summed E-state index contributed by atoms with van der Waals surface area (Å²) in [5, 5.41) is 21.7. The Morgan fingerprint density at radius 3 is 2.81 bits per heavy atom. The molecule has 9 nitrogen and oxygen atoms in total. The molecule has 3 rings (SSSR count). The standard InChI is InChI=1S/C12H17N7O2/c1-6-7(4-15-18(6)3)9-8(10(13)20)12(2,21)17-11-14-5-16-19(9)11/h4-5,8-9,21H,1-3H3,(H2,13,20)(H,14,16,17)/t8-,9+,12-/m1/s1. The summed E-state index contributed by atoms with van der Waals surface area (Å²) in [6.07, 6.45) is 3.02. The van der Waals surface area contributed by atoms with Crippen LogP contribution in [0, 0.1) is 12.8 Å². The molecule has 1 amide bonds. The Balaban J connectivity index is 2.23. The molecule has 1 aliphatic heterocycles. The van der Waals surface area contributed by atoms with Gasteiger partial charge in [0, 0.05) is 18.3 Å². The van der Waals surface area contributed by atoms with Gasteiger partial charge >= 0.3 is 0 Å². The first-order chi connectivity index (χ1) is 9.83. The van der Waals surface area contributed by atoms with Crippen molar-refractivity contribution in [1.82, 2.24) is 24.5 Å². The number of hydrogen-bond donors (Lipinski definition) is 3. The second-order valence-corrected chi connectivity index (χ2v) is 5.43. The van der Waals surface area contributed by atoms with Gasteiger partial charge in [-0.2, -0.15) is 15.2 Å². The van der Waals surface area contributed by atoms with E-state index in [1.807, 2.05) is 6.92 Å². The van der Waals surface area contributed by atoms with Crippen molar-refractivity contribution in [3.63, 3.8) is 0 Å². The number of carbonyl (C=O) groups excluding carboxylic acids is 1. The number of aliphatic hydroxyl groups is 1. The van der Waals surface area contributed by atoms with Crippen molar-refractivity contribution in [2.45, 2.75) is 25.6 Å². The van der Waals surface area contributed by atoms with Gasteiger partial charge in [0.05, 0.1) is 6.20 Å². The van der Waals surface area contributed by atoms with Crippen LogP contribution < -0.4 is 11.1 Å². The molecule has 0 aliphatic carbocycles. The highest BCUT2D eigenvalue weighted by atomic mass is 16.3. The minimum Gasteiger partial charge on any atom is -0.370 e. The Labute approximate surface area is 120 Å². The van der Waals surface area contributed by atoms with Crippen LogP contribution in [0.4, 0.5) is 5.95 Å². The number of carbonyl (C=O) groups is 1. The van der Waals surface area contributed by atoms with E-state index in [1.165, 1.54) is 13.3 Å². The van der Waals surface area contributed by atoms with Crippen LogP contribution in [0.3, 0.4) is 0 Å². The molecule has 0 unspecified atom stereocenters. The maximum Gasteiger partial charge on any atom is 0.227 e. The number of aromatic nitrogens is 5. The van der Waals surface area contributed by atoms with Crippen molar-refractivity contribution >= 4 is 11.9 Å². The van der Waals surface area contributed by atoms with Gasteiger partial charge in [-0.05, 0) is 13.8 Å². The number of rotatable bonds is 2. The fourth-order valence-electron chi connectivity index (χ4n) is 2.85. The molecular weight excluding hydrogens is 274 g/mol. The van der Waals surface area contributed by atoms with Crippen molar-refractivity contribution in [2.24, 2.45) is 18.7 Å². The Morgan fingerprint density at radius 1 is 1.52 bits per heavy atom. The second kappa shape index (κ2) is 4.29. The van der Waals surface area contributed by atoms with Crippen molar-refractivity contribution in [3.8, 4) is 0 Å². The van der Waals surface area contributed by atoms with Crippen LogP contribution in [0.15, 0.2) is 12.5 Å². The molecular formula is C12H17N7O2. The molecule has 0 aromatic carbocycles. The van der Waals surface area contributed by atoms with E-state index in [0.717, 1.165) is 11.3 Å². The number of amides is 1. The van der Waals surface area contributed by atoms with E-state index < -0.39 is 23.6 Å². The first-order valence-corrected chi connectivity index (χ1v) is 6.51. The van der Waals surface area contributed by atoms with Crippen LogP contribution in [0.2, 0.25) is 0 Å². The molecule has 9 heteroatoms. The van der Waals surface area contributed by atoms with Crippen LogP contribution in [-0.4, -0.2) is 41.3 Å². The van der Waals surface area contributed by atoms with Crippen molar-refractivity contribution < 1.29 is 9.90 Å². The highest BCUT2D eigenvalue weighted by Crippen LogP contribution is 2.40. The quantitative estimate of drug-likeness (QED) is 0.661. The van der Waals surface area contributed by atoms with Crippen molar-refractivity contribution in [1.29, 1.82) is 0 Å². The number of hydrogen-bond acceptors (Lipinski definition) is 6. The van der Waals surface area contributed by atoms with Gasteiger partial charge in [0.15, 0.2) is 0 Å². The van der Waals surface area contributed by atoms with Crippen LogP contribution in [-0.2, 0) is 11.8 Å². The SMILES string of the molecule is Cc1c([C@H]2[C@H](C(N)=O)[C@@](C)(O)Nc3ncnn32)cnn1C. The fraction of sp³-hybridized carbons (Fsp3) is 0.500. The fourth-order valence-corrected chi connectivity index (χ4v) is 2.85. The molecule has 2 aromatic rings. The number of fused-ring (bicyclic) bond motifs is 1. The molecule has 0 spiro atoms. The Morgan fingerprint density at radius 2 is 2.24 bits per heavy atom. The van der Waals surface area contributed by atoms with E-state index >= 15 is 0 Å². The van der Waals surface area contributed by atoms with Crippen LogP contribution in [0.1, 0.15) is 24.2 Å². The minimum atomic E-state index is -1.53. The lowest BCUT2D eigenvalue weighted by Gasteiger charge is -2.41. The molecule has 21 heavy (non-hydrogen) atoms. The monoisotopic (exact) mass is 291 g/mol. The molecule has 0 bridgehead atoms. The Kier molecular flexibility index (Phi) is 2.77. The van der Waals surface area contributed by atoms with Gasteiger partial charge in [-0.25, -0.2) is 4.68 Å². The van der Waals surface area contributed by atoms with Gasteiger partial charge in [-0.15, -0.1) is 0 Å². The smallest absolute Gasteiger partial charge is 0.227 e. The molecule has 0 fully saturated rings. The maximum atomic E-state index is 11.9. The van der Waals surface area contributed by atoms with Crippen molar-refractivity contribution in [2.75, 3.05) is 5.32 Å². The summed E-state index contributed by atoms with van der Waals surface area (Å²) in [6, 6.07) is -0.565. The predicted molar refractivity (Wildman–Crippen MR) is 73.0 cm³/mol. The number of aryl methyl sites for hydroxylation is 1. The Bertz CT molecular complexity index is 702. The van der Waals surface area contributed by atoms with E-state index in [0.29, 0.717) is 5.95 Å². The van der Waals surface area contributed by atoms with Gasteiger partial charge in [0.1, 0.15) is 24.0 Å². The number of nitrogens with one attached hydrogen (secondary N) is 1. The largest absolute Gasteiger partial charge is 0.370 e. The lowest BCUT2D eigenvalue weighted by molar-refractivity contribution is -0.131. The third-order valence-corrected chi connectivity index (χ3v) is 4.02. The normalized spacial score (nSPS) is 28.0. The zero-order valence-electron chi connectivity index (χ0n) is 12.0. The zero-order chi connectivity index (χ0) is 15.4. The maximum absolute atomic E-state index is 11.9. The van der Waals surface area contributed by atoms with E-state index in [-0.39, 0.29) is 0 Å². The molecule has 0 radical (unpaired) electrons. The molecule has 4 N–H and O–H groups in total. The van der Waals surface area contributed by atoms with E-state index in [9.17, 15) is 9.90 Å². The number of anilines is 1. The first kappa shape index (κ1) is 13.6. The zero-order valence-corrected chi connectivity index (χ0v) is 12.0. The number of nitrogens with two attached hydrogens (primary N) is 1. The van der Waals surface area contributed by atoms with Crippen LogP contribution in [0.5, 0.6) is 0 Å². The van der Waals surface area contributed by atoms with Crippen LogP contribution in [0.25, 0.3) is 0 Å². The summed E-state index contributed by atoms with van der Waals surface area (Å²) < 4.78 is 3.25. The third-order valence-electron chi connectivity index (χ3n) is 4.02. The molecule has 3 heterocycles. The minimum absolute atomic E-state index is 0.380. The van der Waals surface area contributed by atoms with Gasteiger partial charge in [-0.1, -0.05) is 0 Å². The molecule has 3 atom stereocenters. The van der Waals surface area contributed by atoms with E-state index in [4.69, 9.17) is 5.73 Å². The third kappa shape index (κ3) is 1.88. The highest BCUT2D eigenvalue weighted by Gasteiger charge is 2.49. The number of primary amides is 1. The summed E-state index contributed by atoms with van der Waals surface area (Å²) in [5.74, 6) is -1.15. The molecule has 2 aromatic heterocycles.